The molecule has 2 fully saturated rings. The van der Waals surface area contributed by atoms with E-state index in [2.05, 4.69) is 30.7 Å². The number of halogens is 4. The van der Waals surface area contributed by atoms with Gasteiger partial charge in [0.15, 0.2) is 0 Å². The molecule has 0 unspecified atom stereocenters. The van der Waals surface area contributed by atoms with E-state index in [1.807, 2.05) is 20.8 Å². The molecule has 0 amide bonds. The van der Waals surface area contributed by atoms with Crippen LogP contribution in [0.2, 0.25) is 0 Å². The Hall–Kier alpha value is -2.89. The van der Waals surface area contributed by atoms with Crippen molar-refractivity contribution in [3.63, 3.8) is 0 Å². The molecule has 0 radical (unpaired) electrons. The molecule has 7 nitrogen and oxygen atoms in total. The molecule has 1 aromatic carbocycles. The highest BCUT2D eigenvalue weighted by Crippen LogP contribution is 2.41. The molecule has 5 rings (SSSR count). The lowest BCUT2D eigenvalue weighted by Crippen LogP contribution is -2.48. The second-order valence-corrected chi connectivity index (χ2v) is 10.3. The van der Waals surface area contributed by atoms with E-state index in [4.69, 9.17) is 4.74 Å². The van der Waals surface area contributed by atoms with Gasteiger partial charge in [0.05, 0.1) is 17.3 Å². The van der Waals surface area contributed by atoms with Crippen LogP contribution >= 0.6 is 11.5 Å². The van der Waals surface area contributed by atoms with Gasteiger partial charge in [0, 0.05) is 19.1 Å². The number of rotatable bonds is 6. The Labute approximate surface area is 204 Å². The maximum Gasteiger partial charge on any atom is 0.419 e. The van der Waals surface area contributed by atoms with Crippen LogP contribution in [0.25, 0.3) is 0 Å². The minimum Gasteiger partial charge on any atom is -0.424 e. The SMILES string of the molecule is Cc1cc(N2C[C@H]3CC[C@@H](C2)[C@H]3Nc2nc(Oc3ccc(F)c(C(F)(F)F)c3)n(C(C)C)n2)sn1. The van der Waals surface area contributed by atoms with Gasteiger partial charge in [0.25, 0.3) is 0 Å². The van der Waals surface area contributed by atoms with Crippen molar-refractivity contribution in [1.82, 2.24) is 19.1 Å². The maximum atomic E-state index is 13.7. The Morgan fingerprint density at radius 3 is 2.46 bits per heavy atom. The molecule has 2 aliphatic rings. The molecule has 2 aromatic heterocycles. The largest absolute Gasteiger partial charge is 0.424 e. The number of fused-ring (bicyclic) bond motifs is 2. The molecule has 3 aromatic rings. The first-order valence-corrected chi connectivity index (χ1v) is 12.3. The van der Waals surface area contributed by atoms with Crippen LogP contribution in [0, 0.1) is 24.6 Å². The standard InChI is InChI=1S/C23H26F4N6OS/c1-12(2)33-22(34-16-6-7-18(24)17(9-16)23(25,26)27)29-21(30-33)28-20-14-4-5-15(20)11-32(10-14)19-8-13(3)31-35-19/h6-9,12,14-15,20H,4-5,10-11H2,1-3H3,(H,28,30)/t14-,15+,20+. The van der Waals surface area contributed by atoms with Gasteiger partial charge < -0.3 is 15.0 Å². The molecule has 188 valence electrons. The van der Waals surface area contributed by atoms with Gasteiger partial charge in [-0.2, -0.15) is 22.5 Å². The minimum atomic E-state index is -4.83. The van der Waals surface area contributed by atoms with Crippen LogP contribution in [0.3, 0.4) is 0 Å². The van der Waals surface area contributed by atoms with E-state index >= 15 is 0 Å². The summed E-state index contributed by atoms with van der Waals surface area (Å²) >= 11 is 1.52. The molecule has 1 saturated heterocycles. The van der Waals surface area contributed by atoms with Gasteiger partial charge in [-0.25, -0.2) is 9.07 Å². The molecule has 1 N–H and O–H groups in total. The van der Waals surface area contributed by atoms with E-state index in [0.29, 0.717) is 23.9 Å². The van der Waals surface area contributed by atoms with Crippen LogP contribution < -0.4 is 15.0 Å². The first-order chi connectivity index (χ1) is 16.6. The Kier molecular flexibility index (Phi) is 6.10. The number of benzene rings is 1. The quantitative estimate of drug-likeness (QED) is 0.417. The summed E-state index contributed by atoms with van der Waals surface area (Å²) in [4.78, 5) is 6.83. The average molecular weight is 511 g/mol. The monoisotopic (exact) mass is 510 g/mol. The lowest BCUT2D eigenvalue weighted by atomic mass is 9.92. The summed E-state index contributed by atoms with van der Waals surface area (Å²) in [5, 5.41) is 9.17. The van der Waals surface area contributed by atoms with Crippen LogP contribution in [0.15, 0.2) is 24.3 Å². The summed E-state index contributed by atoms with van der Waals surface area (Å²) in [5.41, 5.74) is -0.361. The number of aromatic nitrogens is 4. The van der Waals surface area contributed by atoms with Crippen molar-refractivity contribution in [2.24, 2.45) is 11.8 Å². The maximum absolute atomic E-state index is 13.7. The number of piperidine rings is 1. The highest BCUT2D eigenvalue weighted by Gasteiger charge is 2.43. The number of alkyl halides is 3. The molecule has 35 heavy (non-hydrogen) atoms. The summed E-state index contributed by atoms with van der Waals surface area (Å²) in [6.45, 7) is 7.57. The molecule has 2 bridgehead atoms. The number of ether oxygens (including phenoxy) is 1. The van der Waals surface area contributed by atoms with Crippen LogP contribution in [0.1, 0.15) is 44.0 Å². The van der Waals surface area contributed by atoms with Crippen LogP contribution in [0.4, 0.5) is 28.5 Å². The van der Waals surface area contributed by atoms with E-state index in [1.54, 1.807) is 0 Å². The van der Waals surface area contributed by atoms with Crippen LogP contribution in [0.5, 0.6) is 11.8 Å². The van der Waals surface area contributed by atoms with E-state index < -0.39 is 17.6 Å². The zero-order valence-electron chi connectivity index (χ0n) is 19.5. The smallest absolute Gasteiger partial charge is 0.419 e. The van der Waals surface area contributed by atoms with Gasteiger partial charge in [-0.1, -0.05) is 0 Å². The number of aryl methyl sites for hydroxylation is 1. The van der Waals surface area contributed by atoms with Crippen molar-refractivity contribution in [1.29, 1.82) is 0 Å². The van der Waals surface area contributed by atoms with Crippen LogP contribution in [-0.4, -0.2) is 38.3 Å². The zero-order chi connectivity index (χ0) is 24.9. The third-order valence-corrected chi connectivity index (χ3v) is 7.54. The second-order valence-electron chi connectivity index (χ2n) is 9.48. The van der Waals surface area contributed by atoms with E-state index in [1.165, 1.54) is 21.2 Å². The van der Waals surface area contributed by atoms with Gasteiger partial charge in [0.2, 0.25) is 5.95 Å². The van der Waals surface area contributed by atoms with Gasteiger partial charge >= 0.3 is 12.2 Å². The van der Waals surface area contributed by atoms with Crippen molar-refractivity contribution in [2.45, 2.75) is 51.9 Å². The normalized spacial score (nSPS) is 22.2. The molecule has 1 aliphatic heterocycles. The van der Waals surface area contributed by atoms with Crippen molar-refractivity contribution in [3.05, 3.63) is 41.3 Å². The second kappa shape index (κ2) is 8.96. The fourth-order valence-electron chi connectivity index (χ4n) is 4.95. The Balaban J connectivity index is 1.34. The molecular formula is C23H26F4N6OS. The predicted molar refractivity (Wildman–Crippen MR) is 125 cm³/mol. The van der Waals surface area contributed by atoms with Crippen molar-refractivity contribution >= 4 is 22.5 Å². The molecular weight excluding hydrogens is 484 g/mol. The predicted octanol–water partition coefficient (Wildman–Crippen LogP) is 5.90. The number of nitrogens with zero attached hydrogens (tertiary/aromatic N) is 5. The molecule has 0 spiro atoms. The first kappa shape index (κ1) is 23.8. The number of hydrogen-bond donors (Lipinski definition) is 1. The van der Waals surface area contributed by atoms with Gasteiger partial charge in [-0.3, -0.25) is 0 Å². The highest BCUT2D eigenvalue weighted by atomic mass is 32.1. The topological polar surface area (TPSA) is 68.1 Å². The summed E-state index contributed by atoms with van der Waals surface area (Å²) in [6, 6.07) is 4.73. The number of nitrogens with one attached hydrogen (secondary N) is 1. The molecule has 1 saturated carbocycles. The number of anilines is 2. The van der Waals surface area contributed by atoms with Crippen molar-refractivity contribution < 1.29 is 22.3 Å². The summed E-state index contributed by atoms with van der Waals surface area (Å²) in [6.07, 6.45) is -2.63. The molecule has 3 atom stereocenters. The summed E-state index contributed by atoms with van der Waals surface area (Å²) in [5.74, 6) is -0.313. The molecule has 1 aliphatic carbocycles. The fourth-order valence-corrected chi connectivity index (χ4v) is 5.73. The molecule has 3 heterocycles. The van der Waals surface area contributed by atoms with E-state index in [9.17, 15) is 17.6 Å². The van der Waals surface area contributed by atoms with E-state index in [-0.39, 0.29) is 23.8 Å². The van der Waals surface area contributed by atoms with Gasteiger partial charge in [0.1, 0.15) is 16.6 Å². The fraction of sp³-hybridized carbons (Fsp3) is 0.522. The van der Waals surface area contributed by atoms with E-state index in [0.717, 1.165) is 43.8 Å². The Bertz CT molecular complexity index is 1200. The van der Waals surface area contributed by atoms with Crippen molar-refractivity contribution in [3.8, 4) is 11.8 Å². The third kappa shape index (κ3) is 4.80. The summed E-state index contributed by atoms with van der Waals surface area (Å²) in [7, 11) is 0. The molecule has 12 heteroatoms. The third-order valence-electron chi connectivity index (χ3n) is 6.60. The van der Waals surface area contributed by atoms with Crippen molar-refractivity contribution in [2.75, 3.05) is 23.3 Å². The lowest BCUT2D eigenvalue weighted by Gasteiger charge is -2.38. The van der Waals surface area contributed by atoms with Gasteiger partial charge in [-0.15, -0.1) is 5.10 Å². The zero-order valence-corrected chi connectivity index (χ0v) is 20.3. The highest BCUT2D eigenvalue weighted by molar-refractivity contribution is 7.10. The first-order valence-electron chi connectivity index (χ1n) is 11.5. The lowest BCUT2D eigenvalue weighted by molar-refractivity contribution is -0.140. The van der Waals surface area contributed by atoms with Gasteiger partial charge in [-0.05, 0) is 81.2 Å². The minimum absolute atomic E-state index is 0.0483. The van der Waals surface area contributed by atoms with Crippen LogP contribution in [-0.2, 0) is 6.18 Å². The average Bonchev–Trinajstić information content (AvgIpc) is 3.45. The summed E-state index contributed by atoms with van der Waals surface area (Å²) < 4.78 is 64.6. The Morgan fingerprint density at radius 1 is 1.14 bits per heavy atom. The number of hydrogen-bond acceptors (Lipinski definition) is 7. The Morgan fingerprint density at radius 2 is 1.86 bits per heavy atom.